The minimum absolute atomic E-state index is 0.182. The molecule has 1 amide bonds. The number of rotatable bonds is 2. The number of benzene rings is 3. The first-order valence-corrected chi connectivity index (χ1v) is 7.94. The molecule has 0 aromatic heterocycles. The Hall–Kier alpha value is -2.91. The number of carbonyl (C=O) groups excluding carboxylic acids is 1. The summed E-state index contributed by atoms with van der Waals surface area (Å²) in [6.45, 7) is 0.384. The average Bonchev–Trinajstić information content (AvgIpc) is 2.97. The van der Waals surface area contributed by atoms with E-state index in [1.807, 2.05) is 72.8 Å². The zero-order valence-electron chi connectivity index (χ0n) is 13.1. The summed E-state index contributed by atoms with van der Waals surface area (Å²) in [6.07, 6.45) is 0. The molecule has 4 rings (SSSR count). The fraction of sp³-hybridized carbons (Fsp3) is 0.0952. The fourth-order valence-corrected chi connectivity index (χ4v) is 3.37. The molecule has 3 heteroatoms. The van der Waals surface area contributed by atoms with E-state index in [1.54, 1.807) is 17.0 Å². The standard InChI is InChI=1S/C21H17NO2/c23-20(16-9-3-1-4-10-16)22-15-17-11-7-8-14-19(17)21(22,24)18-12-5-2-6-13-18/h1-14,24H,15H2. The Balaban J connectivity index is 1.87. The quantitative estimate of drug-likeness (QED) is 0.786. The Labute approximate surface area is 140 Å². The number of aliphatic hydroxyl groups is 1. The molecular weight excluding hydrogens is 298 g/mol. The van der Waals surface area contributed by atoms with Crippen LogP contribution >= 0.6 is 0 Å². The van der Waals surface area contributed by atoms with Crippen LogP contribution in [0.15, 0.2) is 84.9 Å². The zero-order chi connectivity index (χ0) is 16.6. The van der Waals surface area contributed by atoms with Gasteiger partial charge in [0.15, 0.2) is 5.72 Å². The van der Waals surface area contributed by atoms with Gasteiger partial charge in [-0.15, -0.1) is 0 Å². The first kappa shape index (κ1) is 14.7. The normalized spacial score (nSPS) is 19.1. The van der Waals surface area contributed by atoms with E-state index in [2.05, 4.69) is 0 Å². The van der Waals surface area contributed by atoms with Gasteiger partial charge in [-0.25, -0.2) is 0 Å². The van der Waals surface area contributed by atoms with Crippen LogP contribution in [-0.4, -0.2) is 15.9 Å². The number of hydrogen-bond donors (Lipinski definition) is 1. The van der Waals surface area contributed by atoms with Gasteiger partial charge in [-0.3, -0.25) is 9.69 Å². The molecule has 3 aromatic carbocycles. The molecule has 3 nitrogen and oxygen atoms in total. The van der Waals surface area contributed by atoms with Crippen LogP contribution < -0.4 is 0 Å². The van der Waals surface area contributed by atoms with Crippen molar-refractivity contribution in [1.29, 1.82) is 0 Å². The maximum atomic E-state index is 13.1. The predicted molar refractivity (Wildman–Crippen MR) is 92.2 cm³/mol. The summed E-state index contributed by atoms with van der Waals surface area (Å²) in [7, 11) is 0. The van der Waals surface area contributed by atoms with E-state index in [0.717, 1.165) is 11.1 Å². The van der Waals surface area contributed by atoms with Gasteiger partial charge in [0.25, 0.3) is 5.91 Å². The highest BCUT2D eigenvalue weighted by molar-refractivity contribution is 5.95. The monoisotopic (exact) mass is 315 g/mol. The maximum absolute atomic E-state index is 13.1. The van der Waals surface area contributed by atoms with E-state index in [1.165, 1.54) is 0 Å². The average molecular weight is 315 g/mol. The minimum atomic E-state index is -1.45. The lowest BCUT2D eigenvalue weighted by atomic mass is 9.93. The van der Waals surface area contributed by atoms with Crippen LogP contribution in [0, 0.1) is 0 Å². The Morgan fingerprint density at radius 3 is 2.12 bits per heavy atom. The summed E-state index contributed by atoms with van der Waals surface area (Å²) >= 11 is 0. The Bertz CT molecular complexity index is 877. The van der Waals surface area contributed by atoms with Crippen LogP contribution in [0.2, 0.25) is 0 Å². The molecule has 1 N–H and O–H groups in total. The van der Waals surface area contributed by atoms with Gasteiger partial charge < -0.3 is 5.11 Å². The third-order valence-corrected chi connectivity index (χ3v) is 4.55. The summed E-state index contributed by atoms with van der Waals surface area (Å²) in [5.41, 5.74) is 1.54. The highest BCUT2D eigenvalue weighted by Crippen LogP contribution is 2.42. The molecule has 0 fully saturated rings. The van der Waals surface area contributed by atoms with Crippen LogP contribution in [0.25, 0.3) is 0 Å². The Morgan fingerprint density at radius 2 is 1.42 bits per heavy atom. The van der Waals surface area contributed by atoms with E-state index in [9.17, 15) is 9.90 Å². The highest BCUT2D eigenvalue weighted by Gasteiger charge is 2.47. The van der Waals surface area contributed by atoms with Crippen molar-refractivity contribution < 1.29 is 9.90 Å². The molecule has 118 valence electrons. The molecule has 1 aliphatic heterocycles. The van der Waals surface area contributed by atoms with Crippen molar-refractivity contribution >= 4 is 5.91 Å². The first-order chi connectivity index (χ1) is 11.7. The summed E-state index contributed by atoms with van der Waals surface area (Å²) in [5, 5.41) is 11.6. The third-order valence-electron chi connectivity index (χ3n) is 4.55. The van der Waals surface area contributed by atoms with E-state index in [4.69, 9.17) is 0 Å². The van der Waals surface area contributed by atoms with Crippen molar-refractivity contribution in [3.8, 4) is 0 Å². The summed E-state index contributed by atoms with van der Waals surface area (Å²) < 4.78 is 0. The smallest absolute Gasteiger partial charge is 0.256 e. The topological polar surface area (TPSA) is 40.5 Å². The molecule has 1 unspecified atom stereocenters. The summed E-state index contributed by atoms with van der Waals surface area (Å²) in [6, 6.07) is 26.1. The Kier molecular flexibility index (Phi) is 3.44. The number of fused-ring (bicyclic) bond motifs is 1. The molecule has 1 aliphatic rings. The molecule has 0 saturated carbocycles. The van der Waals surface area contributed by atoms with Gasteiger partial charge in [0.05, 0.1) is 0 Å². The largest absolute Gasteiger partial charge is 0.363 e. The lowest BCUT2D eigenvalue weighted by Gasteiger charge is -2.35. The molecule has 0 saturated heterocycles. The van der Waals surface area contributed by atoms with Gasteiger partial charge in [-0.05, 0) is 17.7 Å². The molecule has 0 radical (unpaired) electrons. The van der Waals surface area contributed by atoms with Gasteiger partial charge >= 0.3 is 0 Å². The van der Waals surface area contributed by atoms with Gasteiger partial charge in [0.2, 0.25) is 0 Å². The fourth-order valence-electron chi connectivity index (χ4n) is 3.37. The van der Waals surface area contributed by atoms with Crippen LogP contribution in [0.1, 0.15) is 27.0 Å². The van der Waals surface area contributed by atoms with Crippen LogP contribution in [0.5, 0.6) is 0 Å². The molecule has 3 aromatic rings. The van der Waals surface area contributed by atoms with Crippen molar-refractivity contribution in [3.63, 3.8) is 0 Å². The molecule has 0 spiro atoms. The number of hydrogen-bond acceptors (Lipinski definition) is 2. The second kappa shape index (κ2) is 5.62. The summed E-state index contributed by atoms with van der Waals surface area (Å²) in [5.74, 6) is -0.182. The van der Waals surface area contributed by atoms with E-state index in [-0.39, 0.29) is 5.91 Å². The number of nitrogens with zero attached hydrogens (tertiary/aromatic N) is 1. The highest BCUT2D eigenvalue weighted by atomic mass is 16.3. The third kappa shape index (κ3) is 2.14. The molecule has 0 aliphatic carbocycles. The van der Waals surface area contributed by atoms with Crippen molar-refractivity contribution in [2.75, 3.05) is 0 Å². The minimum Gasteiger partial charge on any atom is -0.363 e. The predicted octanol–water partition coefficient (Wildman–Crippen LogP) is 3.54. The van der Waals surface area contributed by atoms with Gasteiger partial charge in [-0.2, -0.15) is 0 Å². The Morgan fingerprint density at radius 1 is 0.833 bits per heavy atom. The molecule has 0 bridgehead atoms. The lowest BCUT2D eigenvalue weighted by molar-refractivity contribution is -0.0508. The van der Waals surface area contributed by atoms with Gasteiger partial charge in [-0.1, -0.05) is 72.8 Å². The van der Waals surface area contributed by atoms with E-state index in [0.29, 0.717) is 17.7 Å². The van der Waals surface area contributed by atoms with Crippen LogP contribution in [0.4, 0.5) is 0 Å². The van der Waals surface area contributed by atoms with Crippen LogP contribution in [-0.2, 0) is 12.3 Å². The molecule has 1 atom stereocenters. The molecule has 24 heavy (non-hydrogen) atoms. The van der Waals surface area contributed by atoms with E-state index < -0.39 is 5.72 Å². The van der Waals surface area contributed by atoms with E-state index >= 15 is 0 Å². The summed E-state index contributed by atoms with van der Waals surface area (Å²) in [4.78, 5) is 14.6. The van der Waals surface area contributed by atoms with Gasteiger partial charge in [0.1, 0.15) is 0 Å². The first-order valence-electron chi connectivity index (χ1n) is 7.94. The van der Waals surface area contributed by atoms with Crippen molar-refractivity contribution in [2.45, 2.75) is 12.3 Å². The second-order valence-corrected chi connectivity index (χ2v) is 5.95. The SMILES string of the molecule is O=C(c1ccccc1)N1Cc2ccccc2C1(O)c1ccccc1. The van der Waals surface area contributed by atoms with Crippen molar-refractivity contribution in [3.05, 3.63) is 107 Å². The van der Waals surface area contributed by atoms with Crippen molar-refractivity contribution in [1.82, 2.24) is 4.90 Å². The van der Waals surface area contributed by atoms with Gasteiger partial charge in [0, 0.05) is 23.2 Å². The lowest BCUT2D eigenvalue weighted by Crippen LogP contribution is -2.45. The zero-order valence-corrected chi connectivity index (χ0v) is 13.1. The van der Waals surface area contributed by atoms with Crippen molar-refractivity contribution in [2.24, 2.45) is 0 Å². The van der Waals surface area contributed by atoms with Crippen LogP contribution in [0.3, 0.4) is 0 Å². The maximum Gasteiger partial charge on any atom is 0.256 e. The molecular formula is C21H17NO2. The second-order valence-electron chi connectivity index (χ2n) is 5.95. The molecule has 1 heterocycles. The number of carbonyl (C=O) groups is 1. The number of amides is 1.